The monoisotopic (exact) mass is 245 g/mol. The predicted octanol–water partition coefficient (Wildman–Crippen LogP) is -0.330. The van der Waals surface area contributed by atoms with E-state index in [0.29, 0.717) is 25.2 Å². The lowest BCUT2D eigenvalue weighted by Crippen LogP contribution is -2.38. The van der Waals surface area contributed by atoms with Gasteiger partial charge in [0, 0.05) is 18.0 Å². The average Bonchev–Trinajstić information content (AvgIpc) is 3.20. The van der Waals surface area contributed by atoms with Crippen LogP contribution in [0.2, 0.25) is 0 Å². The van der Waals surface area contributed by atoms with Crippen LogP contribution >= 0.6 is 0 Å². The SMILES string of the molecule is NC(=O)c1n[c]c2c(n1)CN(C(=O)C1CC1)CC2. The highest BCUT2D eigenvalue weighted by Crippen LogP contribution is 2.32. The van der Waals surface area contributed by atoms with Gasteiger partial charge in [0.2, 0.25) is 11.7 Å². The summed E-state index contributed by atoms with van der Waals surface area (Å²) >= 11 is 0. The van der Waals surface area contributed by atoms with E-state index in [-0.39, 0.29) is 17.6 Å². The van der Waals surface area contributed by atoms with Crippen LogP contribution in [0.5, 0.6) is 0 Å². The molecule has 0 bridgehead atoms. The van der Waals surface area contributed by atoms with E-state index in [1.54, 1.807) is 4.90 Å². The minimum absolute atomic E-state index is 0.0329. The Labute approximate surface area is 104 Å². The van der Waals surface area contributed by atoms with Gasteiger partial charge < -0.3 is 10.6 Å². The van der Waals surface area contributed by atoms with Gasteiger partial charge in [-0.05, 0) is 19.3 Å². The number of nitrogens with two attached hydrogens (primary N) is 1. The fraction of sp³-hybridized carbons (Fsp3) is 0.500. The van der Waals surface area contributed by atoms with Gasteiger partial charge >= 0.3 is 0 Å². The van der Waals surface area contributed by atoms with Crippen LogP contribution in [-0.4, -0.2) is 33.2 Å². The minimum atomic E-state index is -0.667. The molecule has 2 N–H and O–H groups in total. The average molecular weight is 245 g/mol. The standard InChI is InChI=1S/C12H13N4O2/c13-10(17)11-14-5-8-3-4-16(6-9(8)15-11)12(18)7-1-2-7/h7H,1-4,6H2,(H2,13,17). The van der Waals surface area contributed by atoms with Crippen molar-refractivity contribution in [1.82, 2.24) is 14.9 Å². The Morgan fingerprint density at radius 2 is 2.17 bits per heavy atom. The summed E-state index contributed by atoms with van der Waals surface area (Å²) in [5.74, 6) is -0.304. The number of primary amides is 1. The Hall–Kier alpha value is -1.98. The number of hydrogen-bond donors (Lipinski definition) is 1. The summed E-state index contributed by atoms with van der Waals surface area (Å²) in [6, 6.07) is 0. The Morgan fingerprint density at radius 1 is 1.39 bits per heavy atom. The number of hydrogen-bond acceptors (Lipinski definition) is 4. The van der Waals surface area contributed by atoms with Crippen molar-refractivity contribution in [2.24, 2.45) is 11.7 Å². The Balaban J connectivity index is 1.83. The van der Waals surface area contributed by atoms with Crippen molar-refractivity contribution in [3.63, 3.8) is 0 Å². The van der Waals surface area contributed by atoms with E-state index in [1.807, 2.05) is 0 Å². The molecule has 0 saturated heterocycles. The summed E-state index contributed by atoms with van der Waals surface area (Å²) in [5, 5.41) is 0. The third-order valence-corrected chi connectivity index (χ3v) is 3.32. The molecule has 1 saturated carbocycles. The maximum atomic E-state index is 12.0. The molecule has 1 radical (unpaired) electrons. The largest absolute Gasteiger partial charge is 0.363 e. The molecule has 1 aromatic heterocycles. The third-order valence-electron chi connectivity index (χ3n) is 3.32. The van der Waals surface area contributed by atoms with E-state index in [1.165, 1.54) is 0 Å². The Bertz CT molecular complexity index is 525. The number of nitrogens with zero attached hydrogens (tertiary/aromatic N) is 3. The molecule has 0 atom stereocenters. The van der Waals surface area contributed by atoms with Crippen molar-refractivity contribution >= 4 is 11.8 Å². The molecule has 2 amide bonds. The van der Waals surface area contributed by atoms with Crippen molar-refractivity contribution in [2.75, 3.05) is 6.54 Å². The van der Waals surface area contributed by atoms with Crippen LogP contribution in [0.4, 0.5) is 0 Å². The molecule has 6 nitrogen and oxygen atoms in total. The van der Waals surface area contributed by atoms with Crippen molar-refractivity contribution in [3.8, 4) is 0 Å². The van der Waals surface area contributed by atoms with E-state index in [2.05, 4.69) is 16.2 Å². The molecule has 0 spiro atoms. The van der Waals surface area contributed by atoms with E-state index in [9.17, 15) is 9.59 Å². The first kappa shape index (κ1) is 11.1. The number of carbonyl (C=O) groups excluding carboxylic acids is 2. The molecule has 2 aliphatic rings. The molecule has 1 aliphatic carbocycles. The zero-order valence-electron chi connectivity index (χ0n) is 9.85. The second kappa shape index (κ2) is 4.04. The van der Waals surface area contributed by atoms with Crippen LogP contribution in [0, 0.1) is 12.1 Å². The number of carbonyl (C=O) groups is 2. The highest BCUT2D eigenvalue weighted by molar-refractivity contribution is 5.88. The van der Waals surface area contributed by atoms with Crippen molar-refractivity contribution in [3.05, 3.63) is 23.3 Å². The topological polar surface area (TPSA) is 89.2 Å². The smallest absolute Gasteiger partial charge is 0.286 e. The molecule has 6 heteroatoms. The lowest BCUT2D eigenvalue weighted by atomic mass is 10.1. The first-order valence-corrected chi connectivity index (χ1v) is 6.01. The number of aromatic nitrogens is 2. The maximum absolute atomic E-state index is 12.0. The molecule has 93 valence electrons. The van der Waals surface area contributed by atoms with E-state index < -0.39 is 5.91 Å². The second-order valence-corrected chi connectivity index (χ2v) is 4.73. The maximum Gasteiger partial charge on any atom is 0.286 e. The van der Waals surface area contributed by atoms with E-state index in [4.69, 9.17) is 5.73 Å². The Morgan fingerprint density at radius 3 is 2.83 bits per heavy atom. The summed E-state index contributed by atoms with van der Waals surface area (Å²) in [6.45, 7) is 1.11. The molecule has 18 heavy (non-hydrogen) atoms. The first-order valence-electron chi connectivity index (χ1n) is 6.01. The third kappa shape index (κ3) is 1.94. The van der Waals surface area contributed by atoms with Gasteiger partial charge in [-0.1, -0.05) is 0 Å². The summed E-state index contributed by atoms with van der Waals surface area (Å²) in [6.07, 6.45) is 5.46. The lowest BCUT2D eigenvalue weighted by Gasteiger charge is -2.27. The zero-order chi connectivity index (χ0) is 12.7. The highest BCUT2D eigenvalue weighted by atomic mass is 16.2. The van der Waals surface area contributed by atoms with Gasteiger partial charge in [0.15, 0.2) is 0 Å². The zero-order valence-corrected chi connectivity index (χ0v) is 9.85. The van der Waals surface area contributed by atoms with Gasteiger partial charge in [-0.25, -0.2) is 9.97 Å². The van der Waals surface area contributed by atoms with Crippen molar-refractivity contribution in [2.45, 2.75) is 25.8 Å². The van der Waals surface area contributed by atoms with Gasteiger partial charge in [-0.2, -0.15) is 0 Å². The first-order chi connectivity index (χ1) is 8.65. The molecule has 0 aromatic carbocycles. The number of rotatable bonds is 2. The summed E-state index contributed by atoms with van der Waals surface area (Å²) < 4.78 is 0. The lowest BCUT2D eigenvalue weighted by molar-refractivity contribution is -0.133. The van der Waals surface area contributed by atoms with Crippen molar-refractivity contribution in [1.29, 1.82) is 0 Å². The molecule has 0 unspecified atom stereocenters. The van der Waals surface area contributed by atoms with E-state index >= 15 is 0 Å². The van der Waals surface area contributed by atoms with Crippen LogP contribution in [-0.2, 0) is 17.8 Å². The molecule has 3 rings (SSSR count). The number of amides is 2. The Kier molecular flexibility index (Phi) is 2.50. The van der Waals surface area contributed by atoms with Gasteiger partial charge in [0.05, 0.1) is 18.4 Å². The normalized spacial score (nSPS) is 18.3. The second-order valence-electron chi connectivity index (χ2n) is 4.73. The van der Waals surface area contributed by atoms with Gasteiger partial charge in [0.25, 0.3) is 5.91 Å². The fourth-order valence-corrected chi connectivity index (χ4v) is 2.13. The van der Waals surface area contributed by atoms with Crippen molar-refractivity contribution < 1.29 is 9.59 Å². The highest BCUT2D eigenvalue weighted by Gasteiger charge is 2.35. The predicted molar refractivity (Wildman–Crippen MR) is 61.2 cm³/mol. The molecule has 2 heterocycles. The summed E-state index contributed by atoms with van der Waals surface area (Å²) in [5.41, 5.74) is 6.70. The van der Waals surface area contributed by atoms with Gasteiger partial charge in [0.1, 0.15) is 0 Å². The number of fused-ring (bicyclic) bond motifs is 1. The van der Waals surface area contributed by atoms with Crippen LogP contribution < -0.4 is 5.73 Å². The quantitative estimate of drug-likeness (QED) is 0.772. The van der Waals surface area contributed by atoms with Crippen LogP contribution in [0.1, 0.15) is 34.7 Å². The molecule has 1 fully saturated rings. The fourth-order valence-electron chi connectivity index (χ4n) is 2.13. The van der Waals surface area contributed by atoms with Crippen LogP contribution in [0.3, 0.4) is 0 Å². The van der Waals surface area contributed by atoms with Gasteiger partial charge in [-0.15, -0.1) is 0 Å². The summed E-state index contributed by atoms with van der Waals surface area (Å²) in [7, 11) is 0. The molecular formula is C12H13N4O2. The van der Waals surface area contributed by atoms with Crippen LogP contribution in [0.15, 0.2) is 0 Å². The van der Waals surface area contributed by atoms with E-state index in [0.717, 1.165) is 18.4 Å². The molecule has 1 aliphatic heterocycles. The molecule has 1 aromatic rings. The summed E-state index contributed by atoms with van der Waals surface area (Å²) in [4.78, 5) is 32.7. The van der Waals surface area contributed by atoms with Crippen LogP contribution in [0.25, 0.3) is 0 Å². The van der Waals surface area contributed by atoms with Gasteiger partial charge in [-0.3, -0.25) is 9.59 Å². The molecular weight excluding hydrogens is 232 g/mol. The minimum Gasteiger partial charge on any atom is -0.363 e.